The van der Waals surface area contributed by atoms with E-state index in [-0.39, 0.29) is 62.9 Å². The van der Waals surface area contributed by atoms with Gasteiger partial charge < -0.3 is 54.4 Å². The van der Waals surface area contributed by atoms with Crippen LogP contribution in [0.3, 0.4) is 0 Å². The highest BCUT2D eigenvalue weighted by Crippen LogP contribution is 2.38. The number of nitrogens with two attached hydrogens (primary N) is 1. The number of nitrogens with one attached hydrogen (secondary N) is 1. The number of fused-ring (bicyclic) bond motifs is 2. The van der Waals surface area contributed by atoms with Crippen molar-refractivity contribution in [1.82, 2.24) is 9.13 Å². The molecule has 0 radical (unpaired) electrons. The predicted molar refractivity (Wildman–Crippen MR) is 412 cm³/mol. The Hall–Kier alpha value is -15.8. The molecule has 0 spiro atoms. The van der Waals surface area contributed by atoms with E-state index < -0.39 is 47.5 Å². The molecule has 0 fully saturated rings. The van der Waals surface area contributed by atoms with E-state index in [2.05, 4.69) is 31.0 Å². The molecule has 0 bridgehead atoms. The Morgan fingerprint density at radius 2 is 0.884 bits per heavy atom. The van der Waals surface area contributed by atoms with Gasteiger partial charge in [0.15, 0.2) is 52.3 Å². The number of pyridine rings is 2. The van der Waals surface area contributed by atoms with Crippen LogP contribution in [0.15, 0.2) is 201 Å². The molecule has 0 aliphatic heterocycles. The molecule has 0 saturated carbocycles. The van der Waals surface area contributed by atoms with E-state index in [1.165, 1.54) is 161 Å². The van der Waals surface area contributed by atoms with Gasteiger partial charge in [0.25, 0.3) is 39.6 Å². The van der Waals surface area contributed by atoms with Crippen molar-refractivity contribution in [3.63, 3.8) is 0 Å². The van der Waals surface area contributed by atoms with Gasteiger partial charge in [-0.2, -0.15) is 15.8 Å². The van der Waals surface area contributed by atoms with Gasteiger partial charge in [0.1, 0.15) is 29.7 Å². The zero-order valence-electron chi connectivity index (χ0n) is 59.7. The molecule has 2 heterocycles. The summed E-state index contributed by atoms with van der Waals surface area (Å²) in [5.41, 5.74) is 8.64. The van der Waals surface area contributed by atoms with E-state index in [4.69, 9.17) is 44.7 Å². The molecule has 11 aromatic rings. The number of nitro benzene ring substituents is 5. The summed E-state index contributed by atoms with van der Waals surface area (Å²) in [7, 11) is 9.06. The molecule has 0 aliphatic rings. The van der Waals surface area contributed by atoms with Crippen molar-refractivity contribution in [1.29, 1.82) is 15.8 Å². The third kappa shape index (κ3) is 22.4. The van der Waals surface area contributed by atoms with Crippen molar-refractivity contribution in [3.05, 3.63) is 280 Å². The van der Waals surface area contributed by atoms with E-state index in [0.29, 0.717) is 101 Å². The van der Waals surface area contributed by atoms with Crippen LogP contribution in [0, 0.1) is 84.6 Å². The number of hydrogen-bond acceptors (Lipinski definition) is 29. The highest BCUT2D eigenvalue weighted by atomic mass is 79.9. The van der Waals surface area contributed by atoms with Gasteiger partial charge in [0.05, 0.1) is 102 Å². The minimum atomic E-state index is -0.635. The fourth-order valence-electron chi connectivity index (χ4n) is 9.67. The lowest BCUT2D eigenvalue weighted by molar-refractivity contribution is -0.385. The average molecular weight is 1590 g/mol. The number of rotatable bonds is 20. The normalized spacial score (nSPS) is 10.0. The molecule has 36 nitrogen and oxygen atoms in total. The monoisotopic (exact) mass is 1590 g/mol. The molecule has 0 amide bonds. The Morgan fingerprint density at radius 3 is 1.29 bits per heavy atom. The molecule has 0 unspecified atom stereocenters. The molecular weight excluding hydrogens is 1530 g/mol. The Morgan fingerprint density at radius 1 is 0.518 bits per heavy atom. The number of aromatic nitrogens is 2. The molecule has 0 aliphatic carbocycles. The largest absolute Gasteiger partial charge is 0.504 e. The van der Waals surface area contributed by atoms with Crippen LogP contribution in [0.1, 0.15) is 40.4 Å². The average Bonchev–Trinajstić information content (AvgIpc) is 0.766. The number of phenolic OH excluding ortho intramolecular Hbond substituents is 2. The minimum absolute atomic E-state index is 0.0159. The van der Waals surface area contributed by atoms with Crippen LogP contribution in [0.5, 0.6) is 46.0 Å². The van der Waals surface area contributed by atoms with Gasteiger partial charge in [-0.15, -0.1) is 0 Å². The number of phenols is 2. The molecule has 11 rings (SSSR count). The molecule has 0 saturated heterocycles. The number of methoxy groups -OCH3 is 6. The number of aldehydes is 1. The molecule has 5 N–H and O–H groups in total. The molecule has 37 heteroatoms. The summed E-state index contributed by atoms with van der Waals surface area (Å²) in [6.45, 7) is 2.05. The van der Waals surface area contributed by atoms with Crippen molar-refractivity contribution in [3.8, 4) is 75.6 Å². The van der Waals surface area contributed by atoms with Crippen LogP contribution in [0.4, 0.5) is 51.2 Å². The van der Waals surface area contributed by atoms with Crippen LogP contribution in [0.25, 0.3) is 33.2 Å². The number of aromatic hydroxyl groups is 2. The summed E-state index contributed by atoms with van der Waals surface area (Å²) in [6, 6.07) is 48.8. The number of aliphatic imine (C=N–C) groups is 1. The second-order valence-electron chi connectivity index (χ2n) is 21.9. The lowest BCUT2D eigenvalue weighted by Gasteiger charge is -2.14. The number of non-ortho nitro benzene ring substituents is 5. The number of halogens is 1. The first-order valence-electron chi connectivity index (χ1n) is 31.7. The number of esters is 1. The van der Waals surface area contributed by atoms with Crippen molar-refractivity contribution >= 4 is 107 Å². The summed E-state index contributed by atoms with van der Waals surface area (Å²) in [5, 5.41) is 103. The van der Waals surface area contributed by atoms with Crippen LogP contribution in [-0.2, 0) is 9.53 Å². The maximum Gasteiger partial charge on any atom is 0.320 e. The van der Waals surface area contributed by atoms with Crippen molar-refractivity contribution in [2.24, 2.45) is 4.99 Å². The van der Waals surface area contributed by atoms with Gasteiger partial charge in [0.2, 0.25) is 0 Å². The summed E-state index contributed by atoms with van der Waals surface area (Å²) in [5.74, 6) is 1.73. The zero-order valence-corrected chi connectivity index (χ0v) is 61.3. The number of nitrogen functional groups attached to an aromatic ring is 1. The van der Waals surface area contributed by atoms with Crippen LogP contribution < -0.4 is 50.6 Å². The van der Waals surface area contributed by atoms with E-state index in [1.54, 1.807) is 93.1 Å². The van der Waals surface area contributed by atoms with E-state index in [1.807, 2.05) is 6.07 Å². The van der Waals surface area contributed by atoms with Crippen molar-refractivity contribution in [2.45, 2.75) is 13.3 Å². The lowest BCUT2D eigenvalue weighted by atomic mass is 10.1. The van der Waals surface area contributed by atoms with Gasteiger partial charge in [-0.25, -0.2) is 0 Å². The first kappa shape index (κ1) is 85.1. The number of hydrogen-bond donors (Lipinski definition) is 4. The third-order valence-corrected chi connectivity index (χ3v) is 15.8. The van der Waals surface area contributed by atoms with Gasteiger partial charge >= 0.3 is 5.97 Å². The number of benzene rings is 9. The molecular formula is C75H62BrN13O23. The molecule has 112 heavy (non-hydrogen) atoms. The molecule has 2 aromatic heterocycles. The van der Waals surface area contributed by atoms with Gasteiger partial charge in [-0.3, -0.25) is 83.9 Å². The Bertz CT molecular complexity index is 5610. The Labute approximate surface area is 641 Å². The summed E-state index contributed by atoms with van der Waals surface area (Å²) < 4.78 is 38.9. The number of anilines is 3. The molecule has 9 aromatic carbocycles. The number of carbonyl (C=O) groups is 2. The number of nitrogens with zero attached hydrogens (tertiary/aromatic N) is 11. The third-order valence-electron chi connectivity index (χ3n) is 15.1. The van der Waals surface area contributed by atoms with Crippen molar-refractivity contribution in [2.75, 3.05) is 60.3 Å². The number of nitriles is 3. The predicted octanol–water partition coefficient (Wildman–Crippen LogP) is 13.9. The van der Waals surface area contributed by atoms with Crippen LogP contribution in [-0.4, -0.2) is 112 Å². The summed E-state index contributed by atoms with van der Waals surface area (Å²) >= 11 is 3.24. The molecule has 0 atom stereocenters. The maximum absolute atomic E-state index is 12.7. The Balaban J connectivity index is 0.000000221. The summed E-state index contributed by atoms with van der Waals surface area (Å²) in [4.78, 5) is 101. The second kappa shape index (κ2) is 40.6. The quantitative estimate of drug-likeness (QED) is 0.0105. The van der Waals surface area contributed by atoms with E-state index in [9.17, 15) is 85.2 Å². The lowest BCUT2D eigenvalue weighted by Crippen LogP contribution is -2.21. The SMILES string of the molecule is CCOC(=O)CC#N.COc1cc(Br)c(C=O)cc1OC.COc1cc(C=Nc2ccc([N+](=O)[O-])cc2)c(Nc2ccc([N+](=O)[O-])cc2)cc1OC.COc1cc2cc(C#N)c(=O)n(-c3ccc([N+](=O)[O-])cc3)c2cc1OC.N#Cc1cc2cc(O)c(O)cc2n(-c2ccc([N+](=O)[O-])cc2)c1=O.Nc1ccc([N+](=O)[O-])cc1. The topological polar surface area (TPSA) is 521 Å². The standard InChI is InChI=1S/C21H18N4O6.C18H13N3O5.C16H9N3O5.C9H9BrO3.C6H6N2O2.C5H7NO2/c1-30-20-11-14(13-22-15-3-7-17(8-4-15)24(26)27)19(12-21(20)31-2)23-16-5-9-18(10-6-16)25(28)29;1-25-16-8-11-7-12(10-19)18(22)20(15(11)9-17(16)26-2)13-3-5-14(6-4-13)21(23)24;17-8-10-5-9-6-14(20)15(21)7-13(9)18(16(10)22)11-1-3-12(4-2-11)19(23)24;1-12-8-3-6(5-11)7(10)4-9(8)13-2;7-5-1-3-6(4-2-5)8(9)10;1-2-8-5(7)3-4-6/h3-13,23H,1-2H3;3-9H,1-2H3;1-7,20-21H;3-5H,1-2H3;1-4H,7H2;2-3H2,1H3. The molecule has 572 valence electrons. The van der Waals surface area contributed by atoms with Crippen LogP contribution in [0.2, 0.25) is 0 Å². The first-order chi connectivity index (χ1) is 53.5. The highest BCUT2D eigenvalue weighted by Gasteiger charge is 2.20. The van der Waals surface area contributed by atoms with Gasteiger partial charge in [-0.05, 0) is 126 Å². The minimum Gasteiger partial charge on any atom is -0.504 e. The fourth-order valence-corrected chi connectivity index (χ4v) is 10.1. The zero-order chi connectivity index (χ0) is 82.5. The van der Waals surface area contributed by atoms with E-state index in [0.717, 1.165) is 10.9 Å². The smallest absolute Gasteiger partial charge is 0.320 e. The van der Waals surface area contributed by atoms with Crippen LogP contribution >= 0.6 is 15.9 Å². The Kier molecular flexibility index (Phi) is 30.8. The number of carbonyl (C=O) groups excluding carboxylic acids is 2. The fraction of sp³-hybridized carbons (Fsp3) is 0.120. The maximum atomic E-state index is 12.7. The first-order valence-corrected chi connectivity index (χ1v) is 32.5. The highest BCUT2D eigenvalue weighted by molar-refractivity contribution is 9.10. The number of ether oxygens (including phenoxy) is 7. The van der Waals surface area contributed by atoms with Crippen molar-refractivity contribution < 1.29 is 77.6 Å². The van der Waals surface area contributed by atoms with E-state index >= 15 is 0 Å². The number of nitro groups is 5. The van der Waals surface area contributed by atoms with Gasteiger partial charge in [0, 0.05) is 134 Å². The van der Waals surface area contributed by atoms with Gasteiger partial charge in [-0.1, -0.05) is 0 Å². The summed E-state index contributed by atoms with van der Waals surface area (Å²) in [6.07, 6.45) is 2.19. The second-order valence-corrected chi connectivity index (χ2v) is 22.8.